The minimum atomic E-state index is -5.07. The maximum Gasteiger partial charge on any atom is 0.454 e. The van der Waals surface area contributed by atoms with E-state index in [-0.39, 0.29) is 16.0 Å². The van der Waals surface area contributed by atoms with E-state index in [0.29, 0.717) is 5.52 Å². The summed E-state index contributed by atoms with van der Waals surface area (Å²) in [5, 5.41) is -0.0991. The van der Waals surface area contributed by atoms with E-state index < -0.39 is 27.5 Å². The molecule has 0 fully saturated rings. The number of benzene rings is 2. The lowest BCUT2D eigenvalue weighted by Crippen LogP contribution is -2.22. The first kappa shape index (κ1) is 19.0. The molecule has 0 bridgehead atoms. The molecule has 27 heavy (non-hydrogen) atoms. The predicted molar refractivity (Wildman–Crippen MR) is 95.3 cm³/mol. The van der Waals surface area contributed by atoms with E-state index in [1.165, 1.54) is 41.9 Å². The molecule has 3 aromatic rings. The molecule has 0 saturated carbocycles. The van der Waals surface area contributed by atoms with Crippen LogP contribution in [-0.2, 0) is 17.1 Å². The van der Waals surface area contributed by atoms with Crippen LogP contribution in [0.5, 0.6) is 0 Å². The van der Waals surface area contributed by atoms with Crippen LogP contribution in [0.2, 0.25) is 0 Å². The van der Waals surface area contributed by atoms with Crippen molar-refractivity contribution in [3.63, 3.8) is 0 Å². The highest BCUT2D eigenvalue weighted by Crippen LogP contribution is 2.33. The molecule has 1 N–H and O–H groups in total. The van der Waals surface area contributed by atoms with Crippen molar-refractivity contribution in [1.29, 1.82) is 0 Å². The number of hydrogen-bond acceptors (Lipinski definition) is 3. The van der Waals surface area contributed by atoms with Gasteiger partial charge in [-0.05, 0) is 31.2 Å². The molecule has 0 spiro atoms. The molecule has 3 rings (SSSR count). The molecular formula is C18H15F3N2O3S. The molecule has 142 valence electrons. The van der Waals surface area contributed by atoms with E-state index in [0.717, 1.165) is 11.8 Å². The number of carbonyl (C=O) groups excluding carboxylic acids is 1. The van der Waals surface area contributed by atoms with Crippen molar-refractivity contribution < 1.29 is 26.4 Å². The van der Waals surface area contributed by atoms with Crippen LogP contribution in [0.4, 0.5) is 18.9 Å². The number of aryl methyl sites for hydroxylation is 2. The monoisotopic (exact) mass is 396 g/mol. The van der Waals surface area contributed by atoms with Gasteiger partial charge in [0, 0.05) is 18.6 Å². The number of nitrogens with one attached hydrogen (secondary N) is 1. The highest BCUT2D eigenvalue weighted by atomic mass is 32.2. The van der Waals surface area contributed by atoms with Gasteiger partial charge in [-0.15, -0.1) is 0 Å². The van der Waals surface area contributed by atoms with Gasteiger partial charge in [-0.3, -0.25) is 9.52 Å². The highest BCUT2D eigenvalue weighted by Gasteiger charge is 2.41. The number of Topliss-reactive ketones (excluding diaryl/α,β-unsaturated/α-hetero) is 1. The van der Waals surface area contributed by atoms with Crippen molar-refractivity contribution in [2.45, 2.75) is 18.0 Å². The summed E-state index contributed by atoms with van der Waals surface area (Å²) in [6.07, 6.45) is -4.03. The Kier molecular flexibility index (Phi) is 4.51. The Bertz CT molecular complexity index is 1130. The van der Waals surface area contributed by atoms with Gasteiger partial charge in [0.2, 0.25) is 0 Å². The number of carbonyl (C=O) groups is 1. The van der Waals surface area contributed by atoms with Crippen LogP contribution < -0.4 is 4.72 Å². The first-order valence-electron chi connectivity index (χ1n) is 7.80. The van der Waals surface area contributed by atoms with Gasteiger partial charge < -0.3 is 4.57 Å². The topological polar surface area (TPSA) is 68.2 Å². The van der Waals surface area contributed by atoms with E-state index in [9.17, 15) is 26.4 Å². The van der Waals surface area contributed by atoms with E-state index in [2.05, 4.69) is 4.72 Å². The predicted octanol–water partition coefficient (Wildman–Crippen LogP) is 4.03. The van der Waals surface area contributed by atoms with Crippen LogP contribution in [0, 0.1) is 6.92 Å². The summed E-state index contributed by atoms with van der Waals surface area (Å²) >= 11 is 0. The molecule has 0 amide bonds. The second kappa shape index (κ2) is 6.41. The van der Waals surface area contributed by atoms with Crippen LogP contribution >= 0.6 is 0 Å². The van der Waals surface area contributed by atoms with Crippen molar-refractivity contribution in [1.82, 2.24) is 4.57 Å². The number of ketones is 1. The fourth-order valence-corrected chi connectivity index (χ4v) is 3.85. The lowest BCUT2D eigenvalue weighted by atomic mass is 10.1. The molecule has 5 nitrogen and oxygen atoms in total. The molecule has 1 aromatic heterocycles. The number of halogens is 3. The zero-order valence-corrected chi connectivity index (χ0v) is 15.1. The third-order valence-electron chi connectivity index (χ3n) is 4.09. The Morgan fingerprint density at radius 3 is 2.30 bits per heavy atom. The number of hydrogen-bond donors (Lipinski definition) is 1. The average Bonchev–Trinajstić information content (AvgIpc) is 2.91. The Labute approximate surface area is 153 Å². The molecule has 0 atom stereocenters. The number of sulfonamides is 1. The minimum Gasteiger partial charge on any atom is -0.350 e. The first-order chi connectivity index (χ1) is 12.5. The van der Waals surface area contributed by atoms with E-state index >= 15 is 0 Å². The van der Waals surface area contributed by atoms with Gasteiger partial charge in [0.1, 0.15) is 0 Å². The summed E-state index contributed by atoms with van der Waals surface area (Å²) in [6.45, 7) is 1.80. The molecule has 0 aliphatic rings. The Morgan fingerprint density at radius 1 is 1.07 bits per heavy atom. The number of fused-ring (bicyclic) bond motifs is 1. The molecule has 1 heterocycles. The standard InChI is InChI=1S/C18H15F3N2O3S/c1-11-6-8-12(9-7-11)27(25,26)22-14-4-3-5-15-16(14)13(10-23(15)2)17(24)18(19,20)21/h3-10,22H,1-2H3. The summed E-state index contributed by atoms with van der Waals surface area (Å²) in [7, 11) is -2.56. The lowest BCUT2D eigenvalue weighted by Gasteiger charge is -2.11. The quantitative estimate of drug-likeness (QED) is 0.677. The lowest BCUT2D eigenvalue weighted by molar-refractivity contribution is -0.0884. The molecule has 2 aromatic carbocycles. The molecular weight excluding hydrogens is 381 g/mol. The van der Waals surface area contributed by atoms with Crippen molar-refractivity contribution >= 4 is 32.4 Å². The van der Waals surface area contributed by atoms with E-state index in [4.69, 9.17) is 0 Å². The largest absolute Gasteiger partial charge is 0.454 e. The normalized spacial score (nSPS) is 12.3. The number of nitrogens with zero attached hydrogens (tertiary/aromatic N) is 1. The third-order valence-corrected chi connectivity index (χ3v) is 5.47. The van der Waals surface area contributed by atoms with Crippen molar-refractivity contribution in [3.8, 4) is 0 Å². The SMILES string of the molecule is Cc1ccc(S(=O)(=O)Nc2cccc3c2c(C(=O)C(F)(F)F)cn3C)cc1. The Balaban J connectivity index is 2.15. The second-order valence-electron chi connectivity index (χ2n) is 6.10. The maximum absolute atomic E-state index is 12.9. The zero-order valence-electron chi connectivity index (χ0n) is 14.3. The minimum absolute atomic E-state index is 0.0373. The summed E-state index contributed by atoms with van der Waals surface area (Å²) < 4.78 is 67.7. The molecule has 9 heteroatoms. The second-order valence-corrected chi connectivity index (χ2v) is 7.78. The number of anilines is 1. The van der Waals surface area contributed by atoms with Crippen LogP contribution in [0.25, 0.3) is 10.9 Å². The summed E-state index contributed by atoms with van der Waals surface area (Å²) in [4.78, 5) is 11.8. The van der Waals surface area contributed by atoms with Crippen molar-refractivity contribution in [3.05, 3.63) is 59.8 Å². The van der Waals surface area contributed by atoms with Gasteiger partial charge in [-0.2, -0.15) is 13.2 Å². The van der Waals surface area contributed by atoms with Crippen LogP contribution in [0.15, 0.2) is 53.6 Å². The van der Waals surface area contributed by atoms with Gasteiger partial charge in [-0.1, -0.05) is 23.8 Å². The summed E-state index contributed by atoms with van der Waals surface area (Å²) in [5.41, 5.74) is 0.451. The number of rotatable bonds is 4. The van der Waals surface area contributed by atoms with Crippen LogP contribution in [0.1, 0.15) is 15.9 Å². The number of aromatic nitrogens is 1. The molecule has 0 aliphatic heterocycles. The van der Waals surface area contributed by atoms with Crippen molar-refractivity contribution in [2.75, 3.05) is 4.72 Å². The molecule has 0 saturated heterocycles. The third kappa shape index (κ3) is 3.55. The highest BCUT2D eigenvalue weighted by molar-refractivity contribution is 7.92. The number of alkyl halides is 3. The van der Waals surface area contributed by atoms with Gasteiger partial charge in [0.05, 0.1) is 21.7 Å². The fourth-order valence-electron chi connectivity index (χ4n) is 2.78. The summed E-state index contributed by atoms with van der Waals surface area (Å²) in [6, 6.07) is 10.3. The fraction of sp³-hybridized carbons (Fsp3) is 0.167. The van der Waals surface area contributed by atoms with Gasteiger partial charge in [0.15, 0.2) is 0 Å². The Hall–Kier alpha value is -2.81. The van der Waals surface area contributed by atoms with Gasteiger partial charge >= 0.3 is 6.18 Å². The molecule has 0 unspecified atom stereocenters. The summed E-state index contributed by atoms with van der Waals surface area (Å²) in [5.74, 6) is -2.03. The maximum atomic E-state index is 12.9. The first-order valence-corrected chi connectivity index (χ1v) is 9.28. The zero-order chi connectivity index (χ0) is 20.0. The smallest absolute Gasteiger partial charge is 0.350 e. The van der Waals surface area contributed by atoms with Crippen LogP contribution in [0.3, 0.4) is 0 Å². The van der Waals surface area contributed by atoms with E-state index in [1.54, 1.807) is 19.1 Å². The average molecular weight is 396 g/mol. The van der Waals surface area contributed by atoms with E-state index in [1.807, 2.05) is 0 Å². The van der Waals surface area contributed by atoms with Gasteiger partial charge in [-0.25, -0.2) is 8.42 Å². The molecule has 0 aliphatic carbocycles. The van der Waals surface area contributed by atoms with Gasteiger partial charge in [0.25, 0.3) is 15.8 Å². The van der Waals surface area contributed by atoms with Crippen molar-refractivity contribution in [2.24, 2.45) is 7.05 Å². The molecule has 0 radical (unpaired) electrons. The van der Waals surface area contributed by atoms with Crippen LogP contribution in [-0.4, -0.2) is 24.9 Å². The Morgan fingerprint density at radius 2 is 1.70 bits per heavy atom.